The highest BCUT2D eigenvalue weighted by Crippen LogP contribution is 2.27. The van der Waals surface area contributed by atoms with Crippen LogP contribution in [-0.2, 0) is 12.8 Å². The van der Waals surface area contributed by atoms with E-state index in [0.717, 1.165) is 43.4 Å². The summed E-state index contributed by atoms with van der Waals surface area (Å²) in [6.45, 7) is 1.14. The van der Waals surface area contributed by atoms with Gasteiger partial charge in [0, 0.05) is 24.8 Å². The van der Waals surface area contributed by atoms with Crippen molar-refractivity contribution in [3.63, 3.8) is 0 Å². The van der Waals surface area contributed by atoms with Crippen LogP contribution in [0.15, 0.2) is 22.9 Å². The molecular formula is C17H20N4O3. The van der Waals surface area contributed by atoms with Crippen molar-refractivity contribution in [2.24, 2.45) is 0 Å². The molecular weight excluding hydrogens is 308 g/mol. The van der Waals surface area contributed by atoms with Crippen molar-refractivity contribution >= 4 is 11.8 Å². The van der Waals surface area contributed by atoms with Crippen LogP contribution in [0.5, 0.6) is 0 Å². The van der Waals surface area contributed by atoms with E-state index in [4.69, 9.17) is 4.52 Å². The van der Waals surface area contributed by atoms with Crippen LogP contribution < -0.4 is 5.32 Å². The first-order valence-electron chi connectivity index (χ1n) is 8.44. The molecule has 7 heteroatoms. The normalized spacial score (nSPS) is 19.5. The molecule has 0 bridgehead atoms. The molecule has 1 saturated heterocycles. The summed E-state index contributed by atoms with van der Waals surface area (Å²) in [6, 6.07) is 3.52. The molecule has 3 heterocycles. The highest BCUT2D eigenvalue weighted by atomic mass is 16.5. The Kier molecular flexibility index (Phi) is 3.84. The molecule has 1 aliphatic carbocycles. The Bertz CT molecular complexity index is 750. The average Bonchev–Trinajstić information content (AvgIpc) is 3.23. The number of nitrogens with zero attached hydrogens (tertiary/aromatic N) is 2. The molecule has 0 radical (unpaired) electrons. The van der Waals surface area contributed by atoms with Crippen molar-refractivity contribution in [1.82, 2.24) is 20.4 Å². The predicted molar refractivity (Wildman–Crippen MR) is 85.7 cm³/mol. The van der Waals surface area contributed by atoms with E-state index in [0.29, 0.717) is 24.5 Å². The second kappa shape index (κ2) is 6.14. The Morgan fingerprint density at radius 3 is 3.00 bits per heavy atom. The van der Waals surface area contributed by atoms with Crippen molar-refractivity contribution in [2.75, 3.05) is 13.1 Å². The summed E-state index contributed by atoms with van der Waals surface area (Å²) in [7, 11) is 0. The fourth-order valence-corrected chi connectivity index (χ4v) is 3.39. The monoisotopic (exact) mass is 328 g/mol. The summed E-state index contributed by atoms with van der Waals surface area (Å²) >= 11 is 0. The number of nitrogens with one attached hydrogen (secondary N) is 2. The second-order valence-electron chi connectivity index (χ2n) is 6.38. The minimum absolute atomic E-state index is 0.0146. The number of amides is 2. The van der Waals surface area contributed by atoms with Crippen LogP contribution in [0.1, 0.15) is 51.6 Å². The van der Waals surface area contributed by atoms with E-state index in [1.165, 1.54) is 0 Å². The Labute approximate surface area is 139 Å². The third-order valence-corrected chi connectivity index (χ3v) is 4.90. The molecule has 24 heavy (non-hydrogen) atoms. The van der Waals surface area contributed by atoms with Gasteiger partial charge in [0.2, 0.25) is 5.76 Å². The van der Waals surface area contributed by atoms with E-state index in [-0.39, 0.29) is 17.9 Å². The Balaban J connectivity index is 1.39. The number of likely N-dealkylation sites (tertiary alicyclic amines) is 1. The number of hydrogen-bond donors (Lipinski definition) is 2. The maximum Gasteiger partial charge on any atom is 0.293 e. The van der Waals surface area contributed by atoms with Gasteiger partial charge < -0.3 is 19.7 Å². The van der Waals surface area contributed by atoms with Gasteiger partial charge in [-0.3, -0.25) is 9.59 Å². The minimum Gasteiger partial charge on any atom is -0.357 e. The summed E-state index contributed by atoms with van der Waals surface area (Å²) in [6.07, 6.45) is 6.52. The van der Waals surface area contributed by atoms with E-state index in [9.17, 15) is 9.59 Å². The quantitative estimate of drug-likeness (QED) is 0.890. The van der Waals surface area contributed by atoms with E-state index < -0.39 is 0 Å². The highest BCUT2D eigenvalue weighted by Gasteiger charge is 2.36. The van der Waals surface area contributed by atoms with Crippen LogP contribution in [0.25, 0.3) is 0 Å². The Hall–Kier alpha value is -2.57. The summed E-state index contributed by atoms with van der Waals surface area (Å²) in [5, 5.41) is 6.92. The van der Waals surface area contributed by atoms with Crippen LogP contribution in [-0.4, -0.2) is 46.0 Å². The van der Waals surface area contributed by atoms with Gasteiger partial charge in [-0.05, 0) is 44.2 Å². The van der Waals surface area contributed by atoms with Gasteiger partial charge in [0.1, 0.15) is 5.69 Å². The van der Waals surface area contributed by atoms with Crippen molar-refractivity contribution in [3.8, 4) is 0 Å². The second-order valence-corrected chi connectivity index (χ2v) is 6.38. The average molecular weight is 328 g/mol. The Morgan fingerprint density at radius 2 is 2.25 bits per heavy atom. The SMILES string of the molecule is O=C(NCC1CCN1C(=O)c1onc2c1CCCC2)c1ccc[nH]1. The first-order chi connectivity index (χ1) is 11.7. The lowest BCUT2D eigenvalue weighted by Crippen LogP contribution is -2.56. The van der Waals surface area contributed by atoms with Crippen molar-refractivity contribution in [3.05, 3.63) is 41.0 Å². The van der Waals surface area contributed by atoms with Crippen LogP contribution in [0, 0.1) is 0 Å². The lowest BCUT2D eigenvalue weighted by Gasteiger charge is -2.40. The smallest absolute Gasteiger partial charge is 0.293 e. The van der Waals surface area contributed by atoms with Gasteiger partial charge in [0.05, 0.1) is 11.7 Å². The van der Waals surface area contributed by atoms with Crippen molar-refractivity contribution < 1.29 is 14.1 Å². The zero-order valence-corrected chi connectivity index (χ0v) is 13.4. The summed E-state index contributed by atoms with van der Waals surface area (Å²) in [5.41, 5.74) is 2.44. The van der Waals surface area contributed by atoms with Gasteiger partial charge in [-0.25, -0.2) is 0 Å². The molecule has 2 amide bonds. The highest BCUT2D eigenvalue weighted by molar-refractivity contribution is 5.94. The van der Waals surface area contributed by atoms with E-state index in [1.54, 1.807) is 23.2 Å². The molecule has 0 aromatic carbocycles. The van der Waals surface area contributed by atoms with E-state index >= 15 is 0 Å². The summed E-state index contributed by atoms with van der Waals surface area (Å²) in [4.78, 5) is 29.3. The number of aryl methyl sites for hydroxylation is 1. The first kappa shape index (κ1) is 15.0. The number of fused-ring (bicyclic) bond motifs is 1. The maximum absolute atomic E-state index is 12.7. The number of hydrogen-bond acceptors (Lipinski definition) is 4. The largest absolute Gasteiger partial charge is 0.357 e. The third kappa shape index (κ3) is 2.60. The number of carbonyl (C=O) groups is 2. The van der Waals surface area contributed by atoms with Gasteiger partial charge in [0.25, 0.3) is 11.8 Å². The van der Waals surface area contributed by atoms with Crippen LogP contribution in [0.3, 0.4) is 0 Å². The number of aromatic amines is 1. The summed E-state index contributed by atoms with van der Waals surface area (Å²) < 4.78 is 5.34. The van der Waals surface area contributed by atoms with Gasteiger partial charge in [-0.1, -0.05) is 5.16 Å². The molecule has 1 aliphatic heterocycles. The van der Waals surface area contributed by atoms with Crippen LogP contribution >= 0.6 is 0 Å². The molecule has 7 nitrogen and oxygen atoms in total. The molecule has 1 fully saturated rings. The summed E-state index contributed by atoms with van der Waals surface area (Å²) in [5.74, 6) is 0.137. The van der Waals surface area contributed by atoms with Gasteiger partial charge in [-0.2, -0.15) is 0 Å². The molecule has 0 saturated carbocycles. The fourth-order valence-electron chi connectivity index (χ4n) is 3.39. The molecule has 2 aromatic heterocycles. The van der Waals surface area contributed by atoms with Crippen LogP contribution in [0.4, 0.5) is 0 Å². The number of aromatic nitrogens is 2. The standard InChI is InChI=1S/C17H20N4O3/c22-16(14-6-3-8-18-14)19-10-11-7-9-21(11)17(23)15-12-4-1-2-5-13(12)20-24-15/h3,6,8,11,18H,1-2,4-5,7,9-10H2,(H,19,22). The third-order valence-electron chi connectivity index (χ3n) is 4.90. The van der Waals surface area contributed by atoms with Crippen LogP contribution in [0.2, 0.25) is 0 Å². The molecule has 0 spiro atoms. The molecule has 4 rings (SSSR count). The van der Waals surface area contributed by atoms with Gasteiger partial charge in [0.15, 0.2) is 0 Å². The number of rotatable bonds is 4. The maximum atomic E-state index is 12.7. The number of carbonyl (C=O) groups excluding carboxylic acids is 2. The fraction of sp³-hybridized carbons (Fsp3) is 0.471. The van der Waals surface area contributed by atoms with E-state index in [1.807, 2.05) is 0 Å². The Morgan fingerprint density at radius 1 is 1.38 bits per heavy atom. The number of H-pyrrole nitrogens is 1. The lowest BCUT2D eigenvalue weighted by molar-refractivity contribution is 0.0414. The van der Waals surface area contributed by atoms with E-state index in [2.05, 4.69) is 15.5 Å². The van der Waals surface area contributed by atoms with Crippen molar-refractivity contribution in [2.45, 2.75) is 38.1 Å². The zero-order valence-electron chi connectivity index (χ0n) is 13.4. The predicted octanol–water partition coefficient (Wildman–Crippen LogP) is 1.53. The van der Waals surface area contributed by atoms with Gasteiger partial charge >= 0.3 is 0 Å². The lowest BCUT2D eigenvalue weighted by atomic mass is 9.94. The molecule has 2 aliphatic rings. The minimum atomic E-state index is -0.156. The molecule has 2 aromatic rings. The zero-order chi connectivity index (χ0) is 16.5. The molecule has 1 unspecified atom stereocenters. The van der Waals surface area contributed by atoms with Gasteiger partial charge in [-0.15, -0.1) is 0 Å². The molecule has 1 atom stereocenters. The first-order valence-corrected chi connectivity index (χ1v) is 8.44. The molecule has 126 valence electrons. The molecule has 2 N–H and O–H groups in total. The topological polar surface area (TPSA) is 91.2 Å². The van der Waals surface area contributed by atoms with Crippen molar-refractivity contribution in [1.29, 1.82) is 0 Å².